The number of hydrogen-bond donors (Lipinski definition) is 0. The fourth-order valence-electron chi connectivity index (χ4n) is 3.91. The van der Waals surface area contributed by atoms with Crippen molar-refractivity contribution < 1.29 is 9.53 Å². The molecular weight excluding hydrogens is 288 g/mol. The van der Waals surface area contributed by atoms with E-state index in [0.29, 0.717) is 24.5 Å². The van der Waals surface area contributed by atoms with Gasteiger partial charge in [-0.05, 0) is 42.4 Å². The molecule has 4 heteroatoms. The van der Waals surface area contributed by atoms with E-state index >= 15 is 0 Å². The van der Waals surface area contributed by atoms with Crippen LogP contribution in [0.4, 0.5) is 0 Å². The molecule has 1 heterocycles. The second-order valence-corrected chi connectivity index (χ2v) is 7.70. The van der Waals surface area contributed by atoms with E-state index in [1.807, 2.05) is 23.1 Å². The lowest BCUT2D eigenvalue weighted by Gasteiger charge is -2.38. The van der Waals surface area contributed by atoms with Gasteiger partial charge in [0, 0.05) is 25.7 Å². The van der Waals surface area contributed by atoms with E-state index in [9.17, 15) is 4.79 Å². The van der Waals surface area contributed by atoms with Gasteiger partial charge in [-0.2, -0.15) is 0 Å². The summed E-state index contributed by atoms with van der Waals surface area (Å²) < 4.78 is 5.26. The van der Waals surface area contributed by atoms with Crippen LogP contribution in [0.25, 0.3) is 0 Å². The molecule has 1 unspecified atom stereocenters. The smallest absolute Gasteiger partial charge is 0.237 e. The number of carbonyl (C=O) groups is 1. The van der Waals surface area contributed by atoms with Crippen molar-refractivity contribution in [3.8, 4) is 5.75 Å². The number of piperazine rings is 1. The van der Waals surface area contributed by atoms with E-state index in [4.69, 9.17) is 4.74 Å². The zero-order valence-electron chi connectivity index (χ0n) is 14.5. The summed E-state index contributed by atoms with van der Waals surface area (Å²) in [4.78, 5) is 16.9. The maximum atomic E-state index is 12.5. The van der Waals surface area contributed by atoms with Crippen LogP contribution >= 0.6 is 0 Å². The van der Waals surface area contributed by atoms with Crippen molar-refractivity contribution in [3.05, 3.63) is 29.8 Å². The van der Waals surface area contributed by atoms with Gasteiger partial charge >= 0.3 is 0 Å². The third-order valence-corrected chi connectivity index (χ3v) is 5.31. The first-order chi connectivity index (χ1) is 11.0. The molecule has 0 spiro atoms. The first-order valence-electron chi connectivity index (χ1n) is 8.62. The zero-order valence-corrected chi connectivity index (χ0v) is 14.5. The standard InChI is InChI=1S/C19H28N2O2/c1-19(2)8-7-16(12-19)20-9-10-21(18(22)14-20)13-15-5-4-6-17(11-15)23-3/h4-6,11,16H,7-10,12-14H2,1-3H3. The molecule has 126 valence electrons. The van der Waals surface area contributed by atoms with Crippen molar-refractivity contribution in [2.24, 2.45) is 5.41 Å². The van der Waals surface area contributed by atoms with E-state index in [1.54, 1.807) is 7.11 Å². The summed E-state index contributed by atoms with van der Waals surface area (Å²) in [6.45, 7) is 7.76. The van der Waals surface area contributed by atoms with Gasteiger partial charge in [0.1, 0.15) is 5.75 Å². The van der Waals surface area contributed by atoms with Crippen molar-refractivity contribution in [2.45, 2.75) is 45.7 Å². The predicted octanol–water partition coefficient (Wildman–Crippen LogP) is 2.92. The van der Waals surface area contributed by atoms with Crippen molar-refractivity contribution >= 4 is 5.91 Å². The fraction of sp³-hybridized carbons (Fsp3) is 0.632. The van der Waals surface area contributed by atoms with Gasteiger partial charge < -0.3 is 9.64 Å². The Morgan fingerprint density at radius 1 is 1.30 bits per heavy atom. The van der Waals surface area contributed by atoms with Gasteiger partial charge in [0.2, 0.25) is 5.91 Å². The van der Waals surface area contributed by atoms with Crippen LogP contribution < -0.4 is 4.74 Å². The van der Waals surface area contributed by atoms with E-state index in [0.717, 1.165) is 24.4 Å². The first kappa shape index (κ1) is 16.3. The zero-order chi connectivity index (χ0) is 16.4. The Labute approximate surface area is 139 Å². The van der Waals surface area contributed by atoms with Crippen LogP contribution in [0, 0.1) is 5.41 Å². The highest BCUT2D eigenvalue weighted by Gasteiger charge is 2.37. The van der Waals surface area contributed by atoms with Crippen LogP contribution in [0.15, 0.2) is 24.3 Å². The van der Waals surface area contributed by atoms with Gasteiger partial charge in [0.25, 0.3) is 0 Å². The predicted molar refractivity (Wildman–Crippen MR) is 91.4 cm³/mol. The van der Waals surface area contributed by atoms with Crippen LogP contribution in [0.3, 0.4) is 0 Å². The first-order valence-corrected chi connectivity index (χ1v) is 8.62. The van der Waals surface area contributed by atoms with Gasteiger partial charge in [-0.1, -0.05) is 26.0 Å². The Kier molecular flexibility index (Phi) is 4.62. The summed E-state index contributed by atoms with van der Waals surface area (Å²) in [6, 6.07) is 8.58. The number of amides is 1. The van der Waals surface area contributed by atoms with E-state index in [1.165, 1.54) is 19.3 Å². The van der Waals surface area contributed by atoms with Crippen LogP contribution in [-0.2, 0) is 11.3 Å². The van der Waals surface area contributed by atoms with Crippen LogP contribution in [0.5, 0.6) is 5.75 Å². The third kappa shape index (κ3) is 3.86. The highest BCUT2D eigenvalue weighted by molar-refractivity contribution is 5.79. The molecule has 1 aliphatic carbocycles. The van der Waals surface area contributed by atoms with Gasteiger partial charge in [0.05, 0.1) is 13.7 Å². The van der Waals surface area contributed by atoms with Gasteiger partial charge in [0.15, 0.2) is 0 Å². The Bertz CT molecular complexity index is 570. The van der Waals surface area contributed by atoms with E-state index in [-0.39, 0.29) is 5.91 Å². The number of nitrogens with zero attached hydrogens (tertiary/aromatic N) is 2. The molecule has 0 N–H and O–H groups in total. The molecule has 3 rings (SSSR count). The molecule has 23 heavy (non-hydrogen) atoms. The van der Waals surface area contributed by atoms with Crippen molar-refractivity contribution in [1.29, 1.82) is 0 Å². The molecule has 1 saturated carbocycles. The Hall–Kier alpha value is -1.55. The molecule has 0 aromatic heterocycles. The van der Waals surface area contributed by atoms with Crippen LogP contribution in [0.1, 0.15) is 38.7 Å². The molecule has 1 amide bonds. The monoisotopic (exact) mass is 316 g/mol. The third-order valence-electron chi connectivity index (χ3n) is 5.31. The topological polar surface area (TPSA) is 32.8 Å². The van der Waals surface area contributed by atoms with Gasteiger partial charge in [-0.25, -0.2) is 0 Å². The molecule has 0 radical (unpaired) electrons. The number of rotatable bonds is 4. The van der Waals surface area contributed by atoms with Gasteiger partial charge in [-0.3, -0.25) is 9.69 Å². The second-order valence-electron chi connectivity index (χ2n) is 7.70. The number of carbonyl (C=O) groups excluding carboxylic acids is 1. The lowest BCUT2D eigenvalue weighted by atomic mass is 9.91. The Morgan fingerprint density at radius 2 is 2.13 bits per heavy atom. The lowest BCUT2D eigenvalue weighted by Crippen LogP contribution is -2.52. The highest BCUT2D eigenvalue weighted by atomic mass is 16.5. The Balaban J connectivity index is 1.57. The summed E-state index contributed by atoms with van der Waals surface area (Å²) >= 11 is 0. The fourth-order valence-corrected chi connectivity index (χ4v) is 3.91. The summed E-state index contributed by atoms with van der Waals surface area (Å²) in [5.41, 5.74) is 1.57. The number of benzene rings is 1. The van der Waals surface area contributed by atoms with Crippen molar-refractivity contribution in [3.63, 3.8) is 0 Å². The molecule has 4 nitrogen and oxygen atoms in total. The summed E-state index contributed by atoms with van der Waals surface area (Å²) in [7, 11) is 1.67. The molecule has 1 aliphatic heterocycles. The number of hydrogen-bond acceptors (Lipinski definition) is 3. The normalized spacial score (nSPS) is 24.9. The molecule has 1 saturated heterocycles. The SMILES string of the molecule is COc1cccc(CN2CCN(C3CCC(C)(C)C3)CC2=O)c1. The largest absolute Gasteiger partial charge is 0.497 e. The van der Waals surface area contributed by atoms with Crippen LogP contribution in [0.2, 0.25) is 0 Å². The van der Waals surface area contributed by atoms with E-state index < -0.39 is 0 Å². The molecule has 1 aromatic rings. The van der Waals surface area contributed by atoms with Crippen LogP contribution in [-0.4, -0.2) is 48.5 Å². The quantitative estimate of drug-likeness (QED) is 0.856. The number of methoxy groups -OCH3 is 1. The molecule has 1 atom stereocenters. The maximum absolute atomic E-state index is 12.5. The minimum absolute atomic E-state index is 0.253. The average molecular weight is 316 g/mol. The number of ether oxygens (including phenoxy) is 1. The molecular formula is C19H28N2O2. The lowest BCUT2D eigenvalue weighted by molar-refractivity contribution is -0.137. The van der Waals surface area contributed by atoms with Gasteiger partial charge in [-0.15, -0.1) is 0 Å². The summed E-state index contributed by atoms with van der Waals surface area (Å²) in [5.74, 6) is 1.10. The summed E-state index contributed by atoms with van der Waals surface area (Å²) in [6.07, 6.45) is 3.72. The van der Waals surface area contributed by atoms with Crippen molar-refractivity contribution in [2.75, 3.05) is 26.7 Å². The molecule has 2 fully saturated rings. The maximum Gasteiger partial charge on any atom is 0.237 e. The molecule has 1 aromatic carbocycles. The Morgan fingerprint density at radius 3 is 2.78 bits per heavy atom. The average Bonchev–Trinajstić information content (AvgIpc) is 2.89. The minimum atomic E-state index is 0.253. The second kappa shape index (κ2) is 6.52. The molecule has 0 bridgehead atoms. The molecule has 2 aliphatic rings. The summed E-state index contributed by atoms with van der Waals surface area (Å²) in [5, 5.41) is 0. The van der Waals surface area contributed by atoms with Crippen molar-refractivity contribution in [1.82, 2.24) is 9.80 Å². The minimum Gasteiger partial charge on any atom is -0.497 e. The van der Waals surface area contributed by atoms with E-state index in [2.05, 4.69) is 24.8 Å². The highest BCUT2D eigenvalue weighted by Crippen LogP contribution is 2.39.